The highest BCUT2D eigenvalue weighted by Crippen LogP contribution is 2.38. The molecule has 0 N–H and O–H groups in total. The van der Waals surface area contributed by atoms with Gasteiger partial charge >= 0.3 is 0 Å². The minimum Gasteiger partial charge on any atom is -0.411 e. The van der Waals surface area contributed by atoms with Crippen LogP contribution in [0, 0.1) is 5.92 Å². The second-order valence-corrected chi connectivity index (χ2v) is 12.5. The van der Waals surface area contributed by atoms with Crippen LogP contribution in [-0.4, -0.2) is 13.9 Å². The molecule has 0 saturated heterocycles. The van der Waals surface area contributed by atoms with Crippen molar-refractivity contribution in [3.05, 3.63) is 10.2 Å². The first kappa shape index (κ1) is 19.7. The summed E-state index contributed by atoms with van der Waals surface area (Å²) in [5.41, 5.74) is 0.0674. The van der Waals surface area contributed by atoms with Crippen molar-refractivity contribution in [2.24, 2.45) is 5.92 Å². The van der Waals surface area contributed by atoms with Crippen molar-refractivity contribution >= 4 is 30.9 Å². The molecule has 0 spiro atoms. The zero-order valence-corrected chi connectivity index (χ0v) is 17.7. The zero-order valence-electron chi connectivity index (χ0n) is 14.6. The maximum atomic E-state index is 6.96. The van der Waals surface area contributed by atoms with E-state index in [1.54, 1.807) is 0 Å². The normalized spacial score (nSPS) is 20.8. The van der Waals surface area contributed by atoms with Crippen LogP contribution in [0.1, 0.15) is 72.6 Å². The van der Waals surface area contributed by atoms with Gasteiger partial charge in [-0.25, -0.2) is 0 Å². The third-order valence-electron chi connectivity index (χ3n) is 5.48. The molecule has 1 nitrogen and oxygen atoms in total. The van der Waals surface area contributed by atoms with Gasteiger partial charge in [-0.15, -0.1) is 0 Å². The first-order chi connectivity index (χ1) is 10.0. The largest absolute Gasteiger partial charge is 0.411 e. The third-order valence-corrected chi connectivity index (χ3v) is 10.8. The highest BCUT2D eigenvalue weighted by Gasteiger charge is 2.38. The van der Waals surface area contributed by atoms with E-state index in [1.807, 2.05) is 0 Å². The predicted octanol–water partition coefficient (Wildman–Crippen LogP) is 7.08. The molecule has 0 amide bonds. The van der Waals surface area contributed by atoms with Gasteiger partial charge in [-0.3, -0.25) is 0 Å². The van der Waals surface area contributed by atoms with Gasteiger partial charge in [0.2, 0.25) is 0 Å². The summed E-state index contributed by atoms with van der Waals surface area (Å²) in [5, 5.41) is 0. The summed E-state index contributed by atoms with van der Waals surface area (Å²) in [7, 11) is -1.52. The predicted molar refractivity (Wildman–Crippen MR) is 106 cm³/mol. The fourth-order valence-electron chi connectivity index (χ4n) is 3.95. The average Bonchev–Trinajstić information content (AvgIpc) is 2.52. The van der Waals surface area contributed by atoms with Crippen molar-refractivity contribution in [3.63, 3.8) is 0 Å². The minimum atomic E-state index is -1.52. The molecule has 1 rings (SSSR count). The second kappa shape index (κ2) is 9.71. The van der Waals surface area contributed by atoms with E-state index >= 15 is 0 Å². The molecule has 1 unspecified atom stereocenters. The van der Waals surface area contributed by atoms with Crippen LogP contribution in [0.4, 0.5) is 0 Å². The Balaban J connectivity index is 2.80. The Kier molecular flexibility index (Phi) is 9.11. The van der Waals surface area contributed by atoms with Crippen molar-refractivity contribution in [2.75, 3.05) is 0 Å². The Hall–Kier alpha value is 0.647. The van der Waals surface area contributed by atoms with Gasteiger partial charge < -0.3 is 4.43 Å². The SMILES string of the molecule is CC[Si](CC)(CC)OC(C)(CC=CI)CC1CCCCC1. The molecule has 0 aliphatic heterocycles. The fraction of sp³-hybridized carbons (Fsp3) is 0.889. The lowest BCUT2D eigenvalue weighted by molar-refractivity contribution is 0.0444. The Bertz CT molecular complexity index is 300. The van der Waals surface area contributed by atoms with Crippen molar-refractivity contribution < 1.29 is 4.43 Å². The Labute approximate surface area is 147 Å². The number of hydrogen-bond donors (Lipinski definition) is 0. The van der Waals surface area contributed by atoms with Gasteiger partial charge in [0.05, 0.1) is 5.60 Å². The van der Waals surface area contributed by atoms with Crippen LogP contribution in [0.15, 0.2) is 10.2 Å². The molecular weight excluding hydrogens is 387 g/mol. The summed E-state index contributed by atoms with van der Waals surface area (Å²) in [6, 6.07) is 3.77. The van der Waals surface area contributed by atoms with Crippen LogP contribution in [0.3, 0.4) is 0 Å². The maximum Gasteiger partial charge on any atom is 0.192 e. The van der Waals surface area contributed by atoms with E-state index in [-0.39, 0.29) is 5.60 Å². The Morgan fingerprint density at radius 2 is 1.67 bits per heavy atom. The highest BCUT2D eigenvalue weighted by molar-refractivity contribution is 14.1. The molecule has 0 aromatic carbocycles. The molecular formula is C18H35IOSi. The molecule has 0 heterocycles. The van der Waals surface area contributed by atoms with E-state index in [4.69, 9.17) is 4.43 Å². The van der Waals surface area contributed by atoms with Gasteiger partial charge in [0.15, 0.2) is 8.32 Å². The number of hydrogen-bond acceptors (Lipinski definition) is 1. The van der Waals surface area contributed by atoms with Crippen LogP contribution in [-0.2, 0) is 4.43 Å². The summed E-state index contributed by atoms with van der Waals surface area (Å²) in [5.74, 6) is 0.892. The van der Waals surface area contributed by atoms with Crippen LogP contribution in [0.5, 0.6) is 0 Å². The third kappa shape index (κ3) is 6.34. The molecule has 3 heteroatoms. The lowest BCUT2D eigenvalue weighted by atomic mass is 9.80. The van der Waals surface area contributed by atoms with Crippen LogP contribution in [0.2, 0.25) is 18.1 Å². The van der Waals surface area contributed by atoms with Gasteiger partial charge in [-0.1, -0.05) is 81.5 Å². The quantitative estimate of drug-likeness (QED) is 0.285. The first-order valence-corrected chi connectivity index (χ1v) is 12.8. The summed E-state index contributed by atoms with van der Waals surface area (Å²) < 4.78 is 9.12. The lowest BCUT2D eigenvalue weighted by Gasteiger charge is -2.42. The molecule has 1 aliphatic carbocycles. The van der Waals surface area contributed by atoms with Gasteiger partial charge in [0.25, 0.3) is 0 Å². The number of halogens is 1. The molecule has 124 valence electrons. The van der Waals surface area contributed by atoms with Crippen molar-refractivity contribution in [2.45, 2.75) is 96.4 Å². The van der Waals surface area contributed by atoms with Gasteiger partial charge in [-0.05, 0) is 47.9 Å². The average molecular weight is 422 g/mol. The molecule has 1 aliphatic rings. The summed E-state index contributed by atoms with van der Waals surface area (Å²) >= 11 is 2.34. The van der Waals surface area contributed by atoms with Gasteiger partial charge in [0.1, 0.15) is 0 Å². The van der Waals surface area contributed by atoms with Crippen LogP contribution in [0.25, 0.3) is 0 Å². The summed E-state index contributed by atoms with van der Waals surface area (Å²) in [4.78, 5) is 0. The molecule has 0 bridgehead atoms. The molecule has 1 atom stereocenters. The molecule has 21 heavy (non-hydrogen) atoms. The van der Waals surface area contributed by atoms with Gasteiger partial charge in [0, 0.05) is 0 Å². The molecule has 1 fully saturated rings. The zero-order chi connectivity index (χ0) is 15.8. The van der Waals surface area contributed by atoms with Crippen molar-refractivity contribution in [1.29, 1.82) is 0 Å². The van der Waals surface area contributed by atoms with Gasteiger partial charge in [-0.2, -0.15) is 0 Å². The topological polar surface area (TPSA) is 9.23 Å². The van der Waals surface area contributed by atoms with E-state index in [9.17, 15) is 0 Å². The fourth-order valence-corrected chi connectivity index (χ4v) is 7.35. The molecule has 0 aromatic heterocycles. The lowest BCUT2D eigenvalue weighted by Crippen LogP contribution is -2.46. The van der Waals surface area contributed by atoms with E-state index < -0.39 is 8.32 Å². The molecule has 0 radical (unpaired) electrons. The summed E-state index contributed by atoms with van der Waals surface area (Å²) in [6.45, 7) is 9.41. The van der Waals surface area contributed by atoms with E-state index in [0.29, 0.717) is 0 Å². The minimum absolute atomic E-state index is 0.0674. The highest BCUT2D eigenvalue weighted by atomic mass is 127. The van der Waals surface area contributed by atoms with Crippen LogP contribution >= 0.6 is 22.6 Å². The second-order valence-electron chi connectivity index (χ2n) is 7.07. The Morgan fingerprint density at radius 1 is 1.10 bits per heavy atom. The molecule has 0 aromatic rings. The van der Waals surface area contributed by atoms with Crippen molar-refractivity contribution in [3.8, 4) is 0 Å². The Morgan fingerprint density at radius 3 is 2.14 bits per heavy atom. The van der Waals surface area contributed by atoms with Crippen molar-refractivity contribution in [1.82, 2.24) is 0 Å². The number of rotatable bonds is 9. The van der Waals surface area contributed by atoms with E-state index in [1.165, 1.54) is 56.7 Å². The smallest absolute Gasteiger partial charge is 0.192 e. The summed E-state index contributed by atoms with van der Waals surface area (Å²) in [6.07, 6.45) is 11.8. The van der Waals surface area contributed by atoms with E-state index in [0.717, 1.165) is 12.3 Å². The van der Waals surface area contributed by atoms with Crippen LogP contribution < -0.4 is 0 Å². The standard InChI is InChI=1S/C18H35IOSi/c1-5-21(6-2,7-3)20-18(4,14-11-15-19)16-17-12-9-8-10-13-17/h11,15,17H,5-10,12-14,16H2,1-4H3. The monoisotopic (exact) mass is 422 g/mol. The maximum absolute atomic E-state index is 6.96. The first-order valence-electron chi connectivity index (χ1n) is 8.98. The molecule has 1 saturated carbocycles. The van der Waals surface area contributed by atoms with E-state index in [2.05, 4.69) is 60.4 Å².